The number of pyridine rings is 1. The van der Waals surface area contributed by atoms with Crippen molar-refractivity contribution in [2.24, 2.45) is 0 Å². The van der Waals surface area contributed by atoms with Gasteiger partial charge in [-0.05, 0) is 29.8 Å². The minimum absolute atomic E-state index is 0.00697. The lowest BCUT2D eigenvalue weighted by Gasteiger charge is -2.05. The van der Waals surface area contributed by atoms with Gasteiger partial charge in [-0.2, -0.15) is 5.26 Å². The van der Waals surface area contributed by atoms with E-state index >= 15 is 0 Å². The normalized spacial score (nSPS) is 10.5. The number of carbonyl (C=O) groups excluding carboxylic acids is 1. The second kappa shape index (κ2) is 5.17. The van der Waals surface area contributed by atoms with Gasteiger partial charge in [0, 0.05) is 29.9 Å². The Hall–Kier alpha value is -3.00. The number of hydrogen-bond acceptors (Lipinski definition) is 3. The molecule has 5 heteroatoms. The monoisotopic (exact) mass is 279 g/mol. The van der Waals surface area contributed by atoms with E-state index in [1.165, 1.54) is 12.1 Å². The van der Waals surface area contributed by atoms with E-state index in [1.807, 2.05) is 16.7 Å². The number of nitrogens with zero attached hydrogens (tertiary/aromatic N) is 3. The van der Waals surface area contributed by atoms with Gasteiger partial charge in [-0.1, -0.05) is 6.07 Å². The average molecular weight is 279 g/mol. The van der Waals surface area contributed by atoms with Crippen molar-refractivity contribution in [3.63, 3.8) is 0 Å². The fourth-order valence-electron chi connectivity index (χ4n) is 2.32. The highest BCUT2D eigenvalue weighted by atomic mass is 19.1. The molecule has 3 rings (SSSR count). The van der Waals surface area contributed by atoms with Crippen LogP contribution in [0, 0.1) is 17.1 Å². The third-order valence-electron chi connectivity index (χ3n) is 3.30. The highest BCUT2D eigenvalue weighted by Crippen LogP contribution is 2.19. The van der Waals surface area contributed by atoms with Gasteiger partial charge in [-0.3, -0.25) is 4.79 Å². The first-order chi connectivity index (χ1) is 10.2. The number of halogens is 1. The van der Waals surface area contributed by atoms with Gasteiger partial charge in [0.1, 0.15) is 17.5 Å². The van der Waals surface area contributed by atoms with Crippen molar-refractivity contribution >= 4 is 17.3 Å². The average Bonchev–Trinajstić information content (AvgIpc) is 2.87. The Bertz CT molecular complexity index is 877. The van der Waals surface area contributed by atoms with Gasteiger partial charge >= 0.3 is 0 Å². The molecule has 2 heterocycles. The van der Waals surface area contributed by atoms with Gasteiger partial charge in [0.25, 0.3) is 0 Å². The van der Waals surface area contributed by atoms with Crippen LogP contribution in [-0.4, -0.2) is 15.8 Å². The van der Waals surface area contributed by atoms with Gasteiger partial charge in [0.2, 0.25) is 0 Å². The molecule has 0 N–H and O–H groups in total. The molecule has 3 aromatic rings. The zero-order valence-electron chi connectivity index (χ0n) is 11.0. The third kappa shape index (κ3) is 2.28. The van der Waals surface area contributed by atoms with Gasteiger partial charge in [-0.15, -0.1) is 0 Å². The quantitative estimate of drug-likeness (QED) is 0.693. The number of carbonyl (C=O) groups is 1. The summed E-state index contributed by atoms with van der Waals surface area (Å²) >= 11 is 0. The van der Waals surface area contributed by atoms with E-state index in [2.05, 4.69) is 4.98 Å². The molecule has 0 aliphatic heterocycles. The molecule has 0 unspecified atom stereocenters. The Kier molecular flexibility index (Phi) is 3.20. The molecule has 0 saturated carbocycles. The summed E-state index contributed by atoms with van der Waals surface area (Å²) in [5.41, 5.74) is 2.02. The highest BCUT2D eigenvalue weighted by Gasteiger charge is 2.10. The Morgan fingerprint density at radius 3 is 3.00 bits per heavy atom. The van der Waals surface area contributed by atoms with Crippen LogP contribution in [0.15, 0.2) is 42.7 Å². The Labute approximate surface area is 120 Å². The predicted molar refractivity (Wildman–Crippen MR) is 75.3 cm³/mol. The summed E-state index contributed by atoms with van der Waals surface area (Å²) in [7, 11) is 0. The van der Waals surface area contributed by atoms with Crippen LogP contribution in [0.2, 0.25) is 0 Å². The van der Waals surface area contributed by atoms with Crippen molar-refractivity contribution in [1.82, 2.24) is 9.55 Å². The number of nitriles is 1. The number of aromatic nitrogens is 2. The molecule has 0 fully saturated rings. The van der Waals surface area contributed by atoms with Crippen molar-refractivity contribution in [2.45, 2.75) is 6.54 Å². The molecule has 0 aliphatic carbocycles. The topological polar surface area (TPSA) is 58.7 Å². The summed E-state index contributed by atoms with van der Waals surface area (Å²) in [6.07, 6.45) is 4.14. The largest absolute Gasteiger partial charge is 0.327 e. The molecule has 21 heavy (non-hydrogen) atoms. The lowest BCUT2D eigenvalue weighted by molar-refractivity contribution is 0.112. The molecular weight excluding hydrogens is 269 g/mol. The summed E-state index contributed by atoms with van der Waals surface area (Å²) in [4.78, 5) is 15.4. The Morgan fingerprint density at radius 1 is 1.38 bits per heavy atom. The van der Waals surface area contributed by atoms with Crippen molar-refractivity contribution in [1.29, 1.82) is 5.26 Å². The molecule has 2 aromatic heterocycles. The highest BCUT2D eigenvalue weighted by molar-refractivity contribution is 5.95. The van der Waals surface area contributed by atoms with E-state index in [9.17, 15) is 9.18 Å². The van der Waals surface area contributed by atoms with Crippen LogP contribution in [0.25, 0.3) is 11.0 Å². The summed E-state index contributed by atoms with van der Waals surface area (Å²) in [5.74, 6) is -0.537. The number of benzene rings is 1. The number of fused-ring (bicyclic) bond motifs is 1. The number of rotatable bonds is 3. The summed E-state index contributed by atoms with van der Waals surface area (Å²) in [6.45, 7) is 0.413. The first-order valence-corrected chi connectivity index (χ1v) is 6.30. The second-order valence-corrected chi connectivity index (χ2v) is 4.63. The van der Waals surface area contributed by atoms with Crippen LogP contribution in [0.4, 0.5) is 4.39 Å². The molecule has 1 aromatic carbocycles. The van der Waals surface area contributed by atoms with Crippen LogP contribution in [-0.2, 0) is 6.54 Å². The lowest BCUT2D eigenvalue weighted by Crippen LogP contribution is -2.00. The Balaban J connectivity index is 2.06. The van der Waals surface area contributed by atoms with E-state index in [0.717, 1.165) is 17.2 Å². The van der Waals surface area contributed by atoms with Gasteiger partial charge in [0.05, 0.1) is 5.56 Å². The summed E-state index contributed by atoms with van der Waals surface area (Å²) in [5, 5.41) is 9.64. The van der Waals surface area contributed by atoms with E-state index in [4.69, 9.17) is 5.26 Å². The molecule has 0 aliphatic rings. The SMILES string of the molecule is N#Cc1cc(Cn2cc(C=O)c3cccnc32)ccc1F. The first kappa shape index (κ1) is 13.0. The zero-order valence-corrected chi connectivity index (χ0v) is 11.0. The molecule has 0 bridgehead atoms. The van der Waals surface area contributed by atoms with E-state index in [-0.39, 0.29) is 5.56 Å². The van der Waals surface area contributed by atoms with Crippen molar-refractivity contribution in [2.75, 3.05) is 0 Å². The molecule has 0 atom stereocenters. The van der Waals surface area contributed by atoms with Crippen LogP contribution >= 0.6 is 0 Å². The smallest absolute Gasteiger partial charge is 0.152 e. The molecule has 4 nitrogen and oxygen atoms in total. The molecule has 0 spiro atoms. The van der Waals surface area contributed by atoms with Gasteiger partial charge in [-0.25, -0.2) is 9.37 Å². The third-order valence-corrected chi connectivity index (χ3v) is 3.30. The summed E-state index contributed by atoms with van der Waals surface area (Å²) in [6, 6.07) is 9.81. The van der Waals surface area contributed by atoms with Crippen molar-refractivity contribution < 1.29 is 9.18 Å². The standard InChI is InChI=1S/C16H10FN3O/c17-15-4-3-11(6-12(15)7-18)8-20-9-13(10-21)14-2-1-5-19-16(14)20/h1-6,9-10H,8H2. The van der Waals surface area contributed by atoms with E-state index in [1.54, 1.807) is 24.5 Å². The maximum atomic E-state index is 13.3. The van der Waals surface area contributed by atoms with E-state index in [0.29, 0.717) is 17.8 Å². The Morgan fingerprint density at radius 2 is 2.24 bits per heavy atom. The molecule has 0 amide bonds. The molecule has 102 valence electrons. The number of aldehydes is 1. The van der Waals surface area contributed by atoms with Crippen molar-refractivity contribution in [3.05, 3.63) is 65.2 Å². The fourth-order valence-corrected chi connectivity index (χ4v) is 2.32. The van der Waals surface area contributed by atoms with Crippen LogP contribution in [0.1, 0.15) is 21.5 Å². The minimum Gasteiger partial charge on any atom is -0.327 e. The van der Waals surface area contributed by atoms with E-state index < -0.39 is 5.82 Å². The van der Waals surface area contributed by atoms with Gasteiger partial charge < -0.3 is 4.57 Å². The van der Waals surface area contributed by atoms with Gasteiger partial charge in [0.15, 0.2) is 6.29 Å². The minimum atomic E-state index is -0.537. The maximum absolute atomic E-state index is 13.3. The molecular formula is C16H10FN3O. The molecule has 0 radical (unpaired) electrons. The van der Waals surface area contributed by atoms with Crippen LogP contribution in [0.3, 0.4) is 0 Å². The lowest BCUT2D eigenvalue weighted by atomic mass is 10.1. The fraction of sp³-hybridized carbons (Fsp3) is 0.0625. The number of hydrogen-bond donors (Lipinski definition) is 0. The van der Waals surface area contributed by atoms with Crippen molar-refractivity contribution in [3.8, 4) is 6.07 Å². The molecule has 0 saturated heterocycles. The predicted octanol–water partition coefficient (Wildman–Crippen LogP) is 2.91. The van der Waals surface area contributed by atoms with Crippen LogP contribution < -0.4 is 0 Å². The zero-order chi connectivity index (χ0) is 14.8. The second-order valence-electron chi connectivity index (χ2n) is 4.63. The van der Waals surface area contributed by atoms with Crippen LogP contribution in [0.5, 0.6) is 0 Å². The first-order valence-electron chi connectivity index (χ1n) is 6.30. The maximum Gasteiger partial charge on any atom is 0.152 e. The summed E-state index contributed by atoms with van der Waals surface area (Å²) < 4.78 is 15.1.